The molecule has 0 aliphatic rings. The van der Waals surface area contributed by atoms with Gasteiger partial charge in [-0.1, -0.05) is 37.6 Å². The van der Waals surface area contributed by atoms with E-state index in [0.717, 1.165) is 24.2 Å². The van der Waals surface area contributed by atoms with Crippen LogP contribution in [0.1, 0.15) is 29.8 Å². The Morgan fingerprint density at radius 3 is 2.80 bits per heavy atom. The van der Waals surface area contributed by atoms with E-state index in [1.807, 2.05) is 45.0 Å². The molecule has 0 saturated heterocycles. The summed E-state index contributed by atoms with van der Waals surface area (Å²) in [5.74, 6) is 0.270. The zero-order valence-electron chi connectivity index (χ0n) is 9.71. The number of nitrogens with one attached hydrogen (secondary N) is 1. The fourth-order valence-corrected chi connectivity index (χ4v) is 1.54. The van der Waals surface area contributed by atoms with E-state index >= 15 is 0 Å². The SMILES string of the molecule is CCNCC(C)C(=O)c1cccc(C)c1. The summed E-state index contributed by atoms with van der Waals surface area (Å²) in [5.41, 5.74) is 1.96. The predicted molar refractivity (Wildman–Crippen MR) is 63.2 cm³/mol. The van der Waals surface area contributed by atoms with Gasteiger partial charge in [0.2, 0.25) is 0 Å². The van der Waals surface area contributed by atoms with Crippen LogP contribution in [0.2, 0.25) is 0 Å². The van der Waals surface area contributed by atoms with Crippen LogP contribution in [-0.2, 0) is 0 Å². The number of aryl methyl sites for hydroxylation is 1. The molecular formula is C13H19NO. The van der Waals surface area contributed by atoms with Crippen molar-refractivity contribution in [3.63, 3.8) is 0 Å². The third-order valence-corrected chi connectivity index (χ3v) is 2.45. The van der Waals surface area contributed by atoms with Crippen molar-refractivity contribution in [2.45, 2.75) is 20.8 Å². The van der Waals surface area contributed by atoms with Crippen LogP contribution in [0.15, 0.2) is 24.3 Å². The van der Waals surface area contributed by atoms with Gasteiger partial charge in [-0.05, 0) is 19.5 Å². The zero-order valence-corrected chi connectivity index (χ0v) is 9.71. The van der Waals surface area contributed by atoms with Gasteiger partial charge in [0.05, 0.1) is 0 Å². The Morgan fingerprint density at radius 1 is 1.47 bits per heavy atom. The highest BCUT2D eigenvalue weighted by Gasteiger charge is 2.14. The average molecular weight is 205 g/mol. The number of carbonyl (C=O) groups is 1. The van der Waals surface area contributed by atoms with Gasteiger partial charge in [-0.25, -0.2) is 0 Å². The molecule has 0 spiro atoms. The molecular weight excluding hydrogens is 186 g/mol. The number of carbonyl (C=O) groups excluding carboxylic acids is 1. The number of rotatable bonds is 5. The molecule has 15 heavy (non-hydrogen) atoms. The second-order valence-electron chi connectivity index (χ2n) is 3.94. The highest BCUT2D eigenvalue weighted by atomic mass is 16.1. The van der Waals surface area contributed by atoms with Crippen molar-refractivity contribution in [2.24, 2.45) is 5.92 Å². The minimum atomic E-state index is 0.0479. The summed E-state index contributed by atoms with van der Waals surface area (Å²) < 4.78 is 0. The summed E-state index contributed by atoms with van der Waals surface area (Å²) in [7, 11) is 0. The third kappa shape index (κ3) is 3.48. The summed E-state index contributed by atoms with van der Waals surface area (Å²) in [6.07, 6.45) is 0. The van der Waals surface area contributed by atoms with Gasteiger partial charge in [-0.2, -0.15) is 0 Å². The van der Waals surface area contributed by atoms with Crippen LogP contribution in [0.5, 0.6) is 0 Å². The van der Waals surface area contributed by atoms with Crippen LogP contribution in [0.25, 0.3) is 0 Å². The first kappa shape index (κ1) is 11.9. The molecule has 1 atom stereocenters. The molecule has 1 N–H and O–H groups in total. The molecule has 0 saturated carbocycles. The van der Waals surface area contributed by atoms with Crippen LogP contribution in [0.3, 0.4) is 0 Å². The van der Waals surface area contributed by atoms with E-state index < -0.39 is 0 Å². The summed E-state index contributed by atoms with van der Waals surface area (Å²) in [6, 6.07) is 7.77. The Labute approximate surface area is 91.7 Å². The van der Waals surface area contributed by atoms with Crippen LogP contribution < -0.4 is 5.32 Å². The van der Waals surface area contributed by atoms with E-state index in [1.165, 1.54) is 0 Å². The molecule has 2 nitrogen and oxygen atoms in total. The number of benzene rings is 1. The van der Waals surface area contributed by atoms with Crippen molar-refractivity contribution in [1.29, 1.82) is 0 Å². The molecule has 0 radical (unpaired) electrons. The predicted octanol–water partition coefficient (Wildman–Crippen LogP) is 2.42. The van der Waals surface area contributed by atoms with E-state index in [2.05, 4.69) is 5.32 Å². The fraction of sp³-hybridized carbons (Fsp3) is 0.462. The maximum absolute atomic E-state index is 12.0. The maximum Gasteiger partial charge on any atom is 0.166 e. The van der Waals surface area contributed by atoms with Crippen molar-refractivity contribution < 1.29 is 4.79 Å². The highest BCUT2D eigenvalue weighted by Crippen LogP contribution is 2.10. The quantitative estimate of drug-likeness (QED) is 0.748. The van der Waals surface area contributed by atoms with Gasteiger partial charge in [0, 0.05) is 18.0 Å². The Morgan fingerprint density at radius 2 is 2.20 bits per heavy atom. The maximum atomic E-state index is 12.0. The Balaban J connectivity index is 2.67. The first-order valence-corrected chi connectivity index (χ1v) is 5.46. The molecule has 1 aromatic carbocycles. The second kappa shape index (κ2) is 5.66. The molecule has 0 aliphatic carbocycles. The largest absolute Gasteiger partial charge is 0.316 e. The third-order valence-electron chi connectivity index (χ3n) is 2.45. The van der Waals surface area contributed by atoms with Gasteiger partial charge in [0.25, 0.3) is 0 Å². The normalized spacial score (nSPS) is 12.5. The van der Waals surface area contributed by atoms with Gasteiger partial charge in [-0.3, -0.25) is 4.79 Å². The molecule has 1 aromatic rings. The Bertz CT molecular complexity index is 333. The van der Waals surface area contributed by atoms with E-state index in [1.54, 1.807) is 0 Å². The minimum absolute atomic E-state index is 0.0479. The van der Waals surface area contributed by atoms with Crippen molar-refractivity contribution in [2.75, 3.05) is 13.1 Å². The summed E-state index contributed by atoms with van der Waals surface area (Å²) in [6.45, 7) is 7.68. The Kier molecular flexibility index (Phi) is 4.50. The topological polar surface area (TPSA) is 29.1 Å². The second-order valence-corrected chi connectivity index (χ2v) is 3.94. The highest BCUT2D eigenvalue weighted by molar-refractivity contribution is 5.97. The fourth-order valence-electron chi connectivity index (χ4n) is 1.54. The van der Waals surface area contributed by atoms with Gasteiger partial charge >= 0.3 is 0 Å². The van der Waals surface area contributed by atoms with Crippen LogP contribution >= 0.6 is 0 Å². The van der Waals surface area contributed by atoms with Crippen LogP contribution in [0, 0.1) is 12.8 Å². The van der Waals surface area contributed by atoms with Crippen LogP contribution in [-0.4, -0.2) is 18.9 Å². The van der Waals surface area contributed by atoms with E-state index in [0.29, 0.717) is 0 Å². The molecule has 82 valence electrons. The number of hydrogen-bond donors (Lipinski definition) is 1. The summed E-state index contributed by atoms with van der Waals surface area (Å²) in [4.78, 5) is 12.0. The lowest BCUT2D eigenvalue weighted by Crippen LogP contribution is -2.26. The van der Waals surface area contributed by atoms with E-state index in [4.69, 9.17) is 0 Å². The minimum Gasteiger partial charge on any atom is -0.316 e. The number of hydrogen-bond acceptors (Lipinski definition) is 2. The zero-order chi connectivity index (χ0) is 11.3. The van der Waals surface area contributed by atoms with Crippen molar-refractivity contribution in [1.82, 2.24) is 5.32 Å². The molecule has 1 unspecified atom stereocenters. The lowest BCUT2D eigenvalue weighted by Gasteiger charge is -2.10. The first-order valence-electron chi connectivity index (χ1n) is 5.46. The summed E-state index contributed by atoms with van der Waals surface area (Å²) >= 11 is 0. The molecule has 0 amide bonds. The molecule has 0 fully saturated rings. The first-order chi connectivity index (χ1) is 7.15. The smallest absolute Gasteiger partial charge is 0.166 e. The molecule has 0 aliphatic heterocycles. The van der Waals surface area contributed by atoms with Gasteiger partial charge < -0.3 is 5.32 Å². The molecule has 2 heteroatoms. The molecule has 1 rings (SSSR count). The number of ketones is 1. The summed E-state index contributed by atoms with van der Waals surface area (Å²) in [5, 5.41) is 3.19. The average Bonchev–Trinajstić information content (AvgIpc) is 2.24. The Hall–Kier alpha value is -1.15. The van der Waals surface area contributed by atoms with Crippen molar-refractivity contribution in [3.05, 3.63) is 35.4 Å². The monoisotopic (exact) mass is 205 g/mol. The van der Waals surface area contributed by atoms with Crippen molar-refractivity contribution in [3.8, 4) is 0 Å². The van der Waals surface area contributed by atoms with Crippen LogP contribution in [0.4, 0.5) is 0 Å². The standard InChI is InChI=1S/C13H19NO/c1-4-14-9-11(3)13(15)12-7-5-6-10(2)8-12/h5-8,11,14H,4,9H2,1-3H3. The van der Waals surface area contributed by atoms with Crippen molar-refractivity contribution >= 4 is 5.78 Å². The number of Topliss-reactive ketones (excluding diaryl/α,β-unsaturated/α-hetero) is 1. The lowest BCUT2D eigenvalue weighted by molar-refractivity contribution is 0.0929. The van der Waals surface area contributed by atoms with Gasteiger partial charge in [0.1, 0.15) is 0 Å². The van der Waals surface area contributed by atoms with Gasteiger partial charge in [-0.15, -0.1) is 0 Å². The van der Waals surface area contributed by atoms with E-state index in [9.17, 15) is 4.79 Å². The molecule has 0 heterocycles. The van der Waals surface area contributed by atoms with E-state index in [-0.39, 0.29) is 11.7 Å². The molecule has 0 aromatic heterocycles. The molecule has 0 bridgehead atoms. The lowest BCUT2D eigenvalue weighted by atomic mass is 9.98. The van der Waals surface area contributed by atoms with Gasteiger partial charge in [0.15, 0.2) is 5.78 Å².